The van der Waals surface area contributed by atoms with E-state index in [1.165, 1.54) is 12.2 Å². The second kappa shape index (κ2) is 8.88. The summed E-state index contributed by atoms with van der Waals surface area (Å²) in [4.78, 5) is 13.2. The summed E-state index contributed by atoms with van der Waals surface area (Å²) in [5, 5.41) is 0. The van der Waals surface area contributed by atoms with Gasteiger partial charge in [0.1, 0.15) is 17.1 Å². The Bertz CT molecular complexity index is 815. The number of carbonyl (C=O) groups is 1. The van der Waals surface area contributed by atoms with Crippen LogP contribution in [0.25, 0.3) is 0 Å². The van der Waals surface area contributed by atoms with E-state index in [0.717, 1.165) is 22.6 Å². The number of rotatable bonds is 6. The van der Waals surface area contributed by atoms with E-state index < -0.39 is 11.1 Å². The molecular weight excluding hydrogens is 402 g/mol. The first-order valence-corrected chi connectivity index (χ1v) is 10.5. The Hall–Kier alpha value is -2.22. The van der Waals surface area contributed by atoms with Crippen molar-refractivity contribution in [3.8, 4) is 11.5 Å². The molecule has 2 aromatic carbocycles. The Kier molecular flexibility index (Phi) is 6.65. The summed E-state index contributed by atoms with van der Waals surface area (Å²) in [7, 11) is 3.28. The predicted molar refractivity (Wildman–Crippen MR) is 117 cm³/mol. The summed E-state index contributed by atoms with van der Waals surface area (Å²) >= 11 is 1.19. The van der Waals surface area contributed by atoms with Gasteiger partial charge in [0.05, 0.1) is 39.1 Å². The molecule has 1 atom stereocenters. The van der Waals surface area contributed by atoms with Crippen LogP contribution in [-0.2, 0) is 13.7 Å². The van der Waals surface area contributed by atoms with Crippen molar-refractivity contribution in [1.29, 1.82) is 0 Å². The lowest BCUT2D eigenvalue weighted by molar-refractivity contribution is -0.166. The van der Waals surface area contributed by atoms with Gasteiger partial charge in [-0.1, -0.05) is 24.3 Å². The molecule has 0 aromatic heterocycles. The van der Waals surface area contributed by atoms with Crippen molar-refractivity contribution < 1.29 is 23.2 Å². The highest BCUT2D eigenvalue weighted by atomic mass is 32.2. The molecule has 1 saturated heterocycles. The molecule has 7 heteroatoms. The third-order valence-electron chi connectivity index (χ3n) is 4.90. The first-order valence-electron chi connectivity index (χ1n) is 9.78. The van der Waals surface area contributed by atoms with Crippen LogP contribution in [0.5, 0.6) is 11.5 Å². The van der Waals surface area contributed by atoms with Gasteiger partial charge in [-0.15, -0.1) is 0 Å². The second-order valence-electron chi connectivity index (χ2n) is 8.39. The van der Waals surface area contributed by atoms with Crippen molar-refractivity contribution in [1.82, 2.24) is 4.31 Å². The van der Waals surface area contributed by atoms with E-state index >= 15 is 0 Å². The van der Waals surface area contributed by atoms with Crippen molar-refractivity contribution >= 4 is 18.2 Å². The zero-order valence-electron chi connectivity index (χ0n) is 18.3. The molecule has 1 unspecified atom stereocenters. The lowest BCUT2D eigenvalue weighted by Crippen LogP contribution is -2.52. The summed E-state index contributed by atoms with van der Waals surface area (Å²) in [5.74, 6) is 1.23. The van der Waals surface area contributed by atoms with E-state index in [1.54, 1.807) is 14.2 Å². The molecule has 1 aliphatic heterocycles. The van der Waals surface area contributed by atoms with Gasteiger partial charge in [0.2, 0.25) is 0 Å². The molecule has 0 spiro atoms. The van der Waals surface area contributed by atoms with Gasteiger partial charge in [-0.05, 0) is 63.1 Å². The van der Waals surface area contributed by atoms with Crippen LogP contribution in [0.2, 0.25) is 0 Å². The van der Waals surface area contributed by atoms with Crippen LogP contribution in [-0.4, -0.2) is 42.2 Å². The van der Waals surface area contributed by atoms with Crippen LogP contribution in [0.15, 0.2) is 48.5 Å². The van der Waals surface area contributed by atoms with E-state index in [0.29, 0.717) is 0 Å². The van der Waals surface area contributed by atoms with Crippen LogP contribution < -0.4 is 9.47 Å². The molecule has 0 N–H and O–H groups in total. The first kappa shape index (κ1) is 22.5. The van der Waals surface area contributed by atoms with E-state index in [2.05, 4.69) is 0 Å². The number of benzene rings is 2. The molecule has 1 fully saturated rings. The molecule has 3 rings (SSSR count). The van der Waals surface area contributed by atoms with Crippen LogP contribution in [0.1, 0.15) is 44.9 Å². The van der Waals surface area contributed by atoms with Crippen molar-refractivity contribution in [3.63, 3.8) is 0 Å². The lowest BCUT2D eigenvalue weighted by atomic mass is 9.93. The average molecular weight is 432 g/mol. The van der Waals surface area contributed by atoms with Crippen LogP contribution in [0.3, 0.4) is 0 Å². The normalized spacial score (nSPS) is 19.7. The molecule has 0 radical (unpaired) electrons. The van der Waals surface area contributed by atoms with Crippen molar-refractivity contribution in [2.45, 2.75) is 44.9 Å². The van der Waals surface area contributed by atoms with E-state index in [-0.39, 0.29) is 18.6 Å². The molecule has 1 aliphatic rings. The summed E-state index contributed by atoms with van der Waals surface area (Å²) < 4.78 is 24.0. The molecule has 0 aliphatic carbocycles. The maximum Gasteiger partial charge on any atom is 0.330 e. The Balaban J connectivity index is 2.04. The van der Waals surface area contributed by atoms with E-state index in [9.17, 15) is 4.79 Å². The molecule has 162 valence electrons. The van der Waals surface area contributed by atoms with Gasteiger partial charge in [-0.3, -0.25) is 4.18 Å². The minimum Gasteiger partial charge on any atom is -0.497 e. The van der Waals surface area contributed by atoms with Crippen LogP contribution in [0.4, 0.5) is 0 Å². The minimum absolute atomic E-state index is 0.232. The maximum atomic E-state index is 13.2. The molecule has 0 bridgehead atoms. The van der Waals surface area contributed by atoms with E-state index in [1.807, 2.05) is 80.5 Å². The first-order chi connectivity index (χ1) is 14.2. The third kappa shape index (κ3) is 4.74. The summed E-state index contributed by atoms with van der Waals surface area (Å²) in [6, 6.07) is 15.4. The van der Waals surface area contributed by atoms with Gasteiger partial charge in [0.15, 0.2) is 5.54 Å². The molecule has 0 amide bonds. The summed E-state index contributed by atoms with van der Waals surface area (Å²) in [5.41, 5.74) is 0.472. The molecule has 1 heterocycles. The number of hydrogen-bond donors (Lipinski definition) is 0. The zero-order valence-corrected chi connectivity index (χ0v) is 19.1. The van der Waals surface area contributed by atoms with Crippen molar-refractivity contribution in [3.05, 3.63) is 59.7 Å². The number of methoxy groups -OCH3 is 2. The molecule has 0 saturated carbocycles. The lowest BCUT2D eigenvalue weighted by Gasteiger charge is -2.37. The van der Waals surface area contributed by atoms with Crippen molar-refractivity contribution in [2.75, 3.05) is 20.8 Å². The number of esters is 1. The highest BCUT2D eigenvalue weighted by Gasteiger charge is 2.51. The molecule has 6 nitrogen and oxygen atoms in total. The van der Waals surface area contributed by atoms with Crippen molar-refractivity contribution in [2.24, 2.45) is 0 Å². The smallest absolute Gasteiger partial charge is 0.330 e. The fourth-order valence-electron chi connectivity index (χ4n) is 3.24. The second-order valence-corrected chi connectivity index (χ2v) is 9.17. The Labute approximate surface area is 182 Å². The highest BCUT2D eigenvalue weighted by molar-refractivity contribution is 7.92. The molecule has 2 aromatic rings. The Morgan fingerprint density at radius 2 is 1.47 bits per heavy atom. The average Bonchev–Trinajstić information content (AvgIpc) is 3.11. The quantitative estimate of drug-likeness (QED) is 0.370. The van der Waals surface area contributed by atoms with Crippen LogP contribution in [0, 0.1) is 0 Å². The minimum atomic E-state index is -0.956. The fourth-order valence-corrected chi connectivity index (χ4v) is 4.26. The Morgan fingerprint density at radius 3 is 1.87 bits per heavy atom. The summed E-state index contributed by atoms with van der Waals surface area (Å²) in [6.45, 7) is 7.69. The topological polar surface area (TPSA) is 57.2 Å². The van der Waals surface area contributed by atoms with Gasteiger partial charge in [0.25, 0.3) is 0 Å². The van der Waals surface area contributed by atoms with E-state index in [4.69, 9.17) is 18.4 Å². The maximum absolute atomic E-state index is 13.2. The highest BCUT2D eigenvalue weighted by Crippen LogP contribution is 2.45. The third-order valence-corrected chi connectivity index (χ3v) is 5.89. The van der Waals surface area contributed by atoms with Gasteiger partial charge >= 0.3 is 5.97 Å². The number of nitrogens with zero attached hydrogens (tertiary/aromatic N) is 1. The number of carbonyl (C=O) groups excluding carboxylic acids is 1. The van der Waals surface area contributed by atoms with Gasteiger partial charge in [-0.2, -0.15) is 4.31 Å². The summed E-state index contributed by atoms with van der Waals surface area (Å²) in [6.07, 6.45) is 0. The fraction of sp³-hybridized carbons (Fsp3) is 0.435. The van der Waals surface area contributed by atoms with Crippen LogP contribution >= 0.6 is 12.2 Å². The standard InChI is InChI=1S/C23H29NO5S/c1-22(2,3)29-21(25)23(4)15-28-30-24(23)20(16-7-11-18(26-5)12-8-16)17-9-13-19(27-6)14-10-17/h7-14,20H,15H2,1-6H3. The Morgan fingerprint density at radius 1 is 1.00 bits per heavy atom. The SMILES string of the molecule is COc1ccc(C(c2ccc(OC)cc2)N2SOCC2(C)C(=O)OC(C)(C)C)cc1. The predicted octanol–water partition coefficient (Wildman–Crippen LogP) is 4.79. The molecule has 30 heavy (non-hydrogen) atoms. The van der Waals surface area contributed by atoms with Gasteiger partial charge in [-0.25, -0.2) is 4.79 Å². The largest absolute Gasteiger partial charge is 0.497 e. The number of ether oxygens (including phenoxy) is 3. The number of hydrogen-bond acceptors (Lipinski definition) is 7. The van der Waals surface area contributed by atoms with Gasteiger partial charge < -0.3 is 14.2 Å². The van der Waals surface area contributed by atoms with Gasteiger partial charge in [0, 0.05) is 0 Å². The zero-order chi connectivity index (χ0) is 21.9. The molecular formula is C23H29NO5S. The monoisotopic (exact) mass is 431 g/mol.